The summed E-state index contributed by atoms with van der Waals surface area (Å²) in [6, 6.07) is 15.9. The average Bonchev–Trinajstić information content (AvgIpc) is 3.43. The summed E-state index contributed by atoms with van der Waals surface area (Å²) in [6.45, 7) is 5.87. The Morgan fingerprint density at radius 2 is 1.64 bits per heavy atom. The van der Waals surface area contributed by atoms with Crippen LogP contribution in [0.2, 0.25) is 0 Å². The number of carbonyl (C=O) groups excluding carboxylic acids is 2. The van der Waals surface area contributed by atoms with Crippen molar-refractivity contribution in [1.29, 1.82) is 0 Å². The topological polar surface area (TPSA) is 87.1 Å². The van der Waals surface area contributed by atoms with Crippen molar-refractivity contribution in [3.63, 3.8) is 0 Å². The third kappa shape index (κ3) is 4.00. The zero-order valence-corrected chi connectivity index (χ0v) is 18.8. The Morgan fingerprint density at radius 1 is 0.939 bits per heavy atom. The van der Waals surface area contributed by atoms with E-state index in [0.29, 0.717) is 44.0 Å². The lowest BCUT2D eigenvalue weighted by molar-refractivity contribution is -0.131. The summed E-state index contributed by atoms with van der Waals surface area (Å²) in [6.07, 6.45) is 2.25. The predicted molar refractivity (Wildman–Crippen MR) is 125 cm³/mol. The second-order valence-corrected chi connectivity index (χ2v) is 8.48. The molecule has 2 aromatic carbocycles. The molecule has 0 atom stereocenters. The third-order valence-corrected chi connectivity index (χ3v) is 6.31. The molecule has 8 heteroatoms. The maximum Gasteiger partial charge on any atom is 0.276 e. The number of aromatic nitrogens is 4. The molecule has 0 saturated carbocycles. The van der Waals surface area contributed by atoms with E-state index in [4.69, 9.17) is 0 Å². The highest BCUT2D eigenvalue weighted by molar-refractivity contribution is 5.94. The molecule has 1 aliphatic heterocycles. The number of carbonyl (C=O) groups is 2. The minimum atomic E-state index is -0.144. The van der Waals surface area contributed by atoms with Gasteiger partial charge in [-0.15, -0.1) is 5.10 Å². The number of amides is 2. The molecule has 168 valence electrons. The molecule has 0 spiro atoms. The lowest BCUT2D eigenvalue weighted by Gasteiger charge is -2.34. The van der Waals surface area contributed by atoms with Gasteiger partial charge in [-0.25, -0.2) is 4.68 Å². The molecule has 5 rings (SSSR count). The van der Waals surface area contributed by atoms with Gasteiger partial charge in [0.05, 0.1) is 17.8 Å². The number of para-hydroxylation sites is 1. The molecule has 8 nitrogen and oxygen atoms in total. The molecule has 0 aliphatic carbocycles. The molecule has 3 heterocycles. The molecule has 1 saturated heterocycles. The van der Waals surface area contributed by atoms with Crippen LogP contribution < -0.4 is 0 Å². The van der Waals surface area contributed by atoms with E-state index >= 15 is 0 Å². The quantitative estimate of drug-likeness (QED) is 0.527. The van der Waals surface area contributed by atoms with Crippen molar-refractivity contribution < 1.29 is 9.59 Å². The highest BCUT2D eigenvalue weighted by Crippen LogP contribution is 2.20. The van der Waals surface area contributed by atoms with Gasteiger partial charge in [0.25, 0.3) is 5.91 Å². The molecule has 1 N–H and O–H groups in total. The van der Waals surface area contributed by atoms with Gasteiger partial charge >= 0.3 is 0 Å². The molecule has 33 heavy (non-hydrogen) atoms. The first kappa shape index (κ1) is 20.9. The number of nitrogens with zero attached hydrogens (tertiary/aromatic N) is 5. The van der Waals surface area contributed by atoms with Crippen LogP contribution in [-0.2, 0) is 11.2 Å². The zero-order valence-electron chi connectivity index (χ0n) is 18.8. The van der Waals surface area contributed by atoms with Crippen molar-refractivity contribution >= 4 is 22.7 Å². The van der Waals surface area contributed by atoms with Crippen molar-refractivity contribution in [3.05, 3.63) is 77.2 Å². The van der Waals surface area contributed by atoms with Crippen LogP contribution in [0, 0.1) is 13.8 Å². The summed E-state index contributed by atoms with van der Waals surface area (Å²) in [5, 5.41) is 9.43. The Balaban J connectivity index is 1.22. The van der Waals surface area contributed by atoms with Crippen LogP contribution in [0.5, 0.6) is 0 Å². The number of hydrogen-bond donors (Lipinski definition) is 1. The van der Waals surface area contributed by atoms with Crippen LogP contribution >= 0.6 is 0 Å². The summed E-state index contributed by atoms with van der Waals surface area (Å²) in [5.74, 6) is -0.0667. The van der Waals surface area contributed by atoms with Crippen LogP contribution in [0.3, 0.4) is 0 Å². The average molecular weight is 443 g/mol. The lowest BCUT2D eigenvalue weighted by atomic mass is 10.1. The van der Waals surface area contributed by atoms with Crippen LogP contribution in [0.15, 0.2) is 54.7 Å². The van der Waals surface area contributed by atoms with Gasteiger partial charge in [0.2, 0.25) is 5.91 Å². The second kappa shape index (κ2) is 8.54. The number of benzene rings is 2. The summed E-state index contributed by atoms with van der Waals surface area (Å²) >= 11 is 0. The first-order valence-electron chi connectivity index (χ1n) is 11.1. The highest BCUT2D eigenvalue weighted by atomic mass is 16.2. The summed E-state index contributed by atoms with van der Waals surface area (Å²) in [4.78, 5) is 32.8. The van der Waals surface area contributed by atoms with Gasteiger partial charge in [0.1, 0.15) is 0 Å². The molecular weight excluding hydrogens is 416 g/mol. The van der Waals surface area contributed by atoms with E-state index < -0.39 is 0 Å². The predicted octanol–water partition coefficient (Wildman–Crippen LogP) is 2.89. The first-order chi connectivity index (χ1) is 16.0. The van der Waals surface area contributed by atoms with Gasteiger partial charge in [0, 0.05) is 43.3 Å². The number of piperazine rings is 1. The summed E-state index contributed by atoms with van der Waals surface area (Å²) in [5.41, 5.74) is 5.13. The number of hydrogen-bond acceptors (Lipinski definition) is 4. The number of nitrogens with one attached hydrogen (secondary N) is 1. The minimum Gasteiger partial charge on any atom is -0.361 e. The Morgan fingerprint density at radius 3 is 2.39 bits per heavy atom. The smallest absolute Gasteiger partial charge is 0.276 e. The van der Waals surface area contributed by atoms with Crippen LogP contribution in [0.4, 0.5) is 0 Å². The third-order valence-electron chi connectivity index (χ3n) is 6.31. The van der Waals surface area contributed by atoms with Gasteiger partial charge in [-0.1, -0.05) is 41.1 Å². The maximum absolute atomic E-state index is 13.1. The van der Waals surface area contributed by atoms with Crippen LogP contribution in [0.1, 0.15) is 27.3 Å². The molecule has 2 aromatic heterocycles. The SMILES string of the molecule is Cc1ccc(-n2nnc(C(=O)N3CCN(C(=O)Cc4c[nH]c5ccccc45)CC3)c2C)cc1. The van der Waals surface area contributed by atoms with Crippen molar-refractivity contribution in [2.75, 3.05) is 26.2 Å². The zero-order chi connectivity index (χ0) is 22.9. The van der Waals surface area contributed by atoms with Gasteiger partial charge in [-0.05, 0) is 37.6 Å². The molecule has 1 fully saturated rings. The van der Waals surface area contributed by atoms with E-state index in [1.165, 1.54) is 0 Å². The number of aromatic amines is 1. The van der Waals surface area contributed by atoms with Crippen molar-refractivity contribution in [2.45, 2.75) is 20.3 Å². The standard InChI is InChI=1S/C25H26N6O2/c1-17-7-9-20(10-8-17)31-18(2)24(27-28-31)25(33)30-13-11-29(12-14-30)23(32)15-19-16-26-22-6-4-3-5-21(19)22/h3-10,16,26H,11-15H2,1-2H3. The fourth-order valence-corrected chi connectivity index (χ4v) is 4.32. The number of rotatable bonds is 4. The van der Waals surface area contributed by atoms with E-state index in [9.17, 15) is 9.59 Å². The Kier molecular flexibility index (Phi) is 5.42. The van der Waals surface area contributed by atoms with E-state index in [0.717, 1.165) is 27.7 Å². The van der Waals surface area contributed by atoms with Gasteiger partial charge in [0.15, 0.2) is 5.69 Å². The van der Waals surface area contributed by atoms with E-state index in [-0.39, 0.29) is 11.8 Å². The summed E-state index contributed by atoms with van der Waals surface area (Å²) < 4.78 is 1.69. The van der Waals surface area contributed by atoms with E-state index in [1.54, 1.807) is 9.58 Å². The molecule has 4 aromatic rings. The molecule has 1 aliphatic rings. The molecule has 2 amide bonds. The fraction of sp³-hybridized carbons (Fsp3) is 0.280. The first-order valence-corrected chi connectivity index (χ1v) is 11.1. The minimum absolute atomic E-state index is 0.0772. The molecule has 0 radical (unpaired) electrons. The molecule has 0 unspecified atom stereocenters. The summed E-state index contributed by atoms with van der Waals surface area (Å²) in [7, 11) is 0. The van der Waals surface area contributed by atoms with E-state index in [2.05, 4.69) is 15.3 Å². The highest BCUT2D eigenvalue weighted by Gasteiger charge is 2.28. The molecule has 0 bridgehead atoms. The number of H-pyrrole nitrogens is 1. The Labute approximate surface area is 191 Å². The van der Waals surface area contributed by atoms with Crippen molar-refractivity contribution in [1.82, 2.24) is 29.8 Å². The fourth-order valence-electron chi connectivity index (χ4n) is 4.32. The Hall–Kier alpha value is -3.94. The van der Waals surface area contributed by atoms with Crippen LogP contribution in [0.25, 0.3) is 16.6 Å². The monoisotopic (exact) mass is 442 g/mol. The lowest BCUT2D eigenvalue weighted by Crippen LogP contribution is -2.51. The van der Waals surface area contributed by atoms with Gasteiger partial charge in [-0.3, -0.25) is 9.59 Å². The van der Waals surface area contributed by atoms with Gasteiger partial charge < -0.3 is 14.8 Å². The van der Waals surface area contributed by atoms with Crippen molar-refractivity contribution in [2.24, 2.45) is 0 Å². The molecular formula is C25H26N6O2. The maximum atomic E-state index is 13.1. The number of aryl methyl sites for hydroxylation is 1. The second-order valence-electron chi connectivity index (χ2n) is 8.48. The Bertz CT molecular complexity index is 1310. The normalized spacial score (nSPS) is 14.1. The van der Waals surface area contributed by atoms with Crippen LogP contribution in [-0.4, -0.2) is 67.8 Å². The van der Waals surface area contributed by atoms with Gasteiger partial charge in [-0.2, -0.15) is 0 Å². The van der Waals surface area contributed by atoms with E-state index in [1.807, 2.05) is 73.5 Å². The largest absolute Gasteiger partial charge is 0.361 e. The van der Waals surface area contributed by atoms with Crippen molar-refractivity contribution in [3.8, 4) is 5.69 Å². The number of fused-ring (bicyclic) bond motifs is 1.